The van der Waals surface area contributed by atoms with Gasteiger partial charge >= 0.3 is 0 Å². The third-order valence-corrected chi connectivity index (χ3v) is 7.35. The van der Waals surface area contributed by atoms with Crippen LogP contribution in [0, 0.1) is 29.8 Å². The van der Waals surface area contributed by atoms with Gasteiger partial charge in [0.05, 0.1) is 18.0 Å². The standard InChI is InChI=1S/C20H24N4O2S2/c1-16-12-17(2)24(20(27)19(16)13-21)15-22-8-10-23(11-9-22)28(25,26)14-18-6-4-3-5-7-18/h3-7,12H,8-11,14-15H2,1-2H3. The van der Waals surface area contributed by atoms with E-state index in [2.05, 4.69) is 11.0 Å². The number of pyridine rings is 1. The second-order valence-electron chi connectivity index (χ2n) is 7.09. The third kappa shape index (κ3) is 4.50. The lowest BCUT2D eigenvalue weighted by molar-refractivity contribution is 0.150. The summed E-state index contributed by atoms with van der Waals surface area (Å²) in [5.41, 5.74) is 3.22. The zero-order valence-corrected chi connectivity index (χ0v) is 17.8. The molecule has 0 saturated carbocycles. The maximum absolute atomic E-state index is 12.7. The highest BCUT2D eigenvalue weighted by Crippen LogP contribution is 2.17. The van der Waals surface area contributed by atoms with Gasteiger partial charge in [-0.25, -0.2) is 8.42 Å². The Morgan fingerprint density at radius 1 is 1.11 bits per heavy atom. The minimum absolute atomic E-state index is 0.0293. The second-order valence-corrected chi connectivity index (χ2v) is 9.44. The Bertz CT molecular complexity index is 1050. The highest BCUT2D eigenvalue weighted by Gasteiger charge is 2.27. The normalized spacial score (nSPS) is 16.0. The molecule has 1 fully saturated rings. The smallest absolute Gasteiger partial charge is 0.218 e. The van der Waals surface area contributed by atoms with Crippen molar-refractivity contribution >= 4 is 22.2 Å². The first-order valence-corrected chi connectivity index (χ1v) is 11.2. The molecule has 28 heavy (non-hydrogen) atoms. The number of rotatable bonds is 5. The summed E-state index contributed by atoms with van der Waals surface area (Å²) < 4.78 is 29.5. The van der Waals surface area contributed by atoms with E-state index in [1.165, 1.54) is 0 Å². The van der Waals surface area contributed by atoms with Gasteiger partial charge < -0.3 is 4.57 Å². The predicted molar refractivity (Wildman–Crippen MR) is 112 cm³/mol. The van der Waals surface area contributed by atoms with Crippen molar-refractivity contribution in [2.45, 2.75) is 26.3 Å². The molecule has 1 aromatic heterocycles. The molecule has 0 amide bonds. The summed E-state index contributed by atoms with van der Waals surface area (Å²) in [6, 6.07) is 13.4. The van der Waals surface area contributed by atoms with Crippen LogP contribution in [-0.4, -0.2) is 48.4 Å². The SMILES string of the molecule is Cc1cc(C)n(CN2CCN(S(=O)(=O)Cc3ccccc3)CC2)c(=S)c1C#N. The van der Waals surface area contributed by atoms with Crippen molar-refractivity contribution in [1.82, 2.24) is 13.8 Å². The number of nitriles is 1. The van der Waals surface area contributed by atoms with E-state index in [0.717, 1.165) is 16.8 Å². The van der Waals surface area contributed by atoms with Gasteiger partial charge in [0.15, 0.2) is 0 Å². The fourth-order valence-electron chi connectivity index (χ4n) is 3.46. The van der Waals surface area contributed by atoms with E-state index in [9.17, 15) is 13.7 Å². The molecule has 1 saturated heterocycles. The second kappa shape index (κ2) is 8.53. The lowest BCUT2D eigenvalue weighted by atomic mass is 10.1. The van der Waals surface area contributed by atoms with Crippen molar-refractivity contribution in [3.63, 3.8) is 0 Å². The van der Waals surface area contributed by atoms with Gasteiger partial charge in [-0.05, 0) is 31.0 Å². The van der Waals surface area contributed by atoms with Crippen LogP contribution in [0.3, 0.4) is 0 Å². The first-order valence-electron chi connectivity index (χ1n) is 9.17. The van der Waals surface area contributed by atoms with Crippen LogP contribution in [0.4, 0.5) is 0 Å². The van der Waals surface area contributed by atoms with Gasteiger partial charge in [0, 0.05) is 31.9 Å². The molecule has 2 heterocycles. The summed E-state index contributed by atoms with van der Waals surface area (Å²) in [5, 5.41) is 9.35. The summed E-state index contributed by atoms with van der Waals surface area (Å²) in [7, 11) is -3.33. The van der Waals surface area contributed by atoms with Gasteiger partial charge in [-0.2, -0.15) is 9.57 Å². The maximum Gasteiger partial charge on any atom is 0.218 e. The number of hydrogen-bond acceptors (Lipinski definition) is 5. The van der Waals surface area contributed by atoms with Crippen molar-refractivity contribution in [1.29, 1.82) is 5.26 Å². The molecule has 3 rings (SSSR count). The quantitative estimate of drug-likeness (QED) is 0.701. The predicted octanol–water partition coefficient (Wildman–Crippen LogP) is 2.81. The van der Waals surface area contributed by atoms with Gasteiger partial charge in [0.2, 0.25) is 10.0 Å². The largest absolute Gasteiger partial charge is 0.322 e. The van der Waals surface area contributed by atoms with Crippen LogP contribution in [0.5, 0.6) is 0 Å². The van der Waals surface area contributed by atoms with Crippen molar-refractivity contribution in [2.24, 2.45) is 0 Å². The molecule has 1 aromatic carbocycles. The lowest BCUT2D eigenvalue weighted by Crippen LogP contribution is -2.49. The number of sulfonamides is 1. The molecule has 0 bridgehead atoms. The highest BCUT2D eigenvalue weighted by molar-refractivity contribution is 7.88. The van der Waals surface area contributed by atoms with Crippen molar-refractivity contribution in [2.75, 3.05) is 26.2 Å². The minimum atomic E-state index is -3.33. The van der Waals surface area contributed by atoms with Crippen LogP contribution in [0.1, 0.15) is 22.4 Å². The van der Waals surface area contributed by atoms with Crippen LogP contribution in [0.2, 0.25) is 0 Å². The van der Waals surface area contributed by atoms with E-state index >= 15 is 0 Å². The monoisotopic (exact) mass is 416 g/mol. The van der Waals surface area contributed by atoms with Crippen molar-refractivity contribution < 1.29 is 8.42 Å². The van der Waals surface area contributed by atoms with Crippen LogP contribution >= 0.6 is 12.2 Å². The van der Waals surface area contributed by atoms with Crippen LogP contribution in [0.25, 0.3) is 0 Å². The van der Waals surface area contributed by atoms with Gasteiger partial charge in [-0.3, -0.25) is 4.90 Å². The summed E-state index contributed by atoms with van der Waals surface area (Å²) in [6.07, 6.45) is 0. The first-order chi connectivity index (χ1) is 13.3. The van der Waals surface area contributed by atoms with E-state index in [1.807, 2.05) is 54.8 Å². The molecular formula is C20H24N4O2S2. The summed E-state index contributed by atoms with van der Waals surface area (Å²) >= 11 is 5.50. The molecule has 148 valence electrons. The molecule has 0 spiro atoms. The average Bonchev–Trinajstić information content (AvgIpc) is 2.66. The van der Waals surface area contributed by atoms with E-state index in [4.69, 9.17) is 12.2 Å². The third-order valence-electron chi connectivity index (χ3n) is 5.07. The molecule has 0 unspecified atom stereocenters. The molecule has 6 nitrogen and oxygen atoms in total. The average molecular weight is 417 g/mol. The lowest BCUT2D eigenvalue weighted by Gasteiger charge is -2.34. The van der Waals surface area contributed by atoms with Crippen LogP contribution < -0.4 is 0 Å². The number of nitrogens with zero attached hydrogens (tertiary/aromatic N) is 4. The van der Waals surface area contributed by atoms with Gasteiger partial charge in [-0.1, -0.05) is 42.5 Å². The zero-order chi connectivity index (χ0) is 20.3. The summed E-state index contributed by atoms with van der Waals surface area (Å²) in [5.74, 6) is 0.0293. The topological polar surface area (TPSA) is 69.3 Å². The molecule has 0 N–H and O–H groups in total. The molecule has 0 radical (unpaired) electrons. The van der Waals surface area contributed by atoms with E-state index in [0.29, 0.717) is 43.1 Å². The van der Waals surface area contributed by atoms with E-state index in [-0.39, 0.29) is 5.75 Å². The van der Waals surface area contributed by atoms with E-state index in [1.54, 1.807) is 4.31 Å². The maximum atomic E-state index is 12.7. The fraction of sp³-hybridized carbons (Fsp3) is 0.400. The molecular weight excluding hydrogens is 392 g/mol. The van der Waals surface area contributed by atoms with E-state index < -0.39 is 10.0 Å². The van der Waals surface area contributed by atoms with Crippen LogP contribution in [0.15, 0.2) is 36.4 Å². The molecule has 8 heteroatoms. The Hall–Kier alpha value is -2.05. The Morgan fingerprint density at radius 2 is 1.75 bits per heavy atom. The summed E-state index contributed by atoms with van der Waals surface area (Å²) in [4.78, 5) is 2.17. The molecule has 0 atom stereocenters. The number of hydrogen-bond donors (Lipinski definition) is 0. The van der Waals surface area contributed by atoms with Gasteiger partial charge in [-0.15, -0.1) is 0 Å². The van der Waals surface area contributed by atoms with Gasteiger partial charge in [0.25, 0.3) is 0 Å². The van der Waals surface area contributed by atoms with Gasteiger partial charge in [0.1, 0.15) is 10.7 Å². The zero-order valence-electron chi connectivity index (χ0n) is 16.1. The molecule has 1 aliphatic rings. The Balaban J connectivity index is 1.67. The number of aromatic nitrogens is 1. The minimum Gasteiger partial charge on any atom is -0.322 e. The van der Waals surface area contributed by atoms with Crippen molar-refractivity contribution in [3.8, 4) is 6.07 Å². The molecule has 1 aliphatic heterocycles. The Labute approximate surface area is 171 Å². The first kappa shape index (κ1) is 20.7. The Kier molecular flexibility index (Phi) is 6.30. The highest BCUT2D eigenvalue weighted by atomic mass is 32.2. The molecule has 0 aliphatic carbocycles. The fourth-order valence-corrected chi connectivity index (χ4v) is 5.39. The number of piperazine rings is 1. The van der Waals surface area contributed by atoms with Crippen molar-refractivity contribution in [3.05, 3.63) is 63.4 Å². The molecule has 2 aromatic rings. The Morgan fingerprint density at radius 3 is 2.36 bits per heavy atom. The number of benzene rings is 1. The van der Waals surface area contributed by atoms with Crippen LogP contribution in [-0.2, 0) is 22.4 Å². The number of aryl methyl sites for hydroxylation is 2. The summed E-state index contributed by atoms with van der Waals surface area (Å²) in [6.45, 7) is 6.60.